The van der Waals surface area contributed by atoms with Crippen molar-refractivity contribution >= 4 is 21.4 Å². The zero-order chi connectivity index (χ0) is 13.8. The average Bonchev–Trinajstić information content (AvgIpc) is 3.08. The van der Waals surface area contributed by atoms with Crippen LogP contribution in [0.3, 0.4) is 0 Å². The van der Waals surface area contributed by atoms with Gasteiger partial charge in [0.15, 0.2) is 0 Å². The zero-order valence-corrected chi connectivity index (χ0v) is 13.3. The fraction of sp³-hybridized carbons (Fsp3) is 0.556. The minimum Gasteiger partial charge on any atom is -0.316 e. The summed E-state index contributed by atoms with van der Waals surface area (Å²) in [5.74, 6) is 0. The first-order chi connectivity index (χ1) is 9.83. The minimum atomic E-state index is 0.513. The van der Waals surface area contributed by atoms with Gasteiger partial charge in [-0.25, -0.2) is 0 Å². The van der Waals surface area contributed by atoms with E-state index in [0.29, 0.717) is 5.41 Å². The zero-order valence-electron chi connectivity index (χ0n) is 12.5. The van der Waals surface area contributed by atoms with Gasteiger partial charge >= 0.3 is 0 Å². The van der Waals surface area contributed by atoms with Gasteiger partial charge in [-0.1, -0.05) is 38.0 Å². The Kier molecular flexibility index (Phi) is 4.42. The molecular formula is C18H25NS. The van der Waals surface area contributed by atoms with Crippen molar-refractivity contribution in [3.8, 4) is 0 Å². The van der Waals surface area contributed by atoms with E-state index < -0.39 is 0 Å². The van der Waals surface area contributed by atoms with E-state index in [1.165, 1.54) is 55.2 Å². The van der Waals surface area contributed by atoms with E-state index in [4.69, 9.17) is 0 Å². The van der Waals surface area contributed by atoms with Gasteiger partial charge in [-0.05, 0) is 60.0 Å². The molecule has 1 N–H and O–H groups in total. The Morgan fingerprint density at radius 3 is 2.80 bits per heavy atom. The quantitative estimate of drug-likeness (QED) is 0.737. The van der Waals surface area contributed by atoms with Crippen molar-refractivity contribution < 1.29 is 0 Å². The van der Waals surface area contributed by atoms with Crippen molar-refractivity contribution in [1.82, 2.24) is 5.32 Å². The van der Waals surface area contributed by atoms with Crippen LogP contribution in [0, 0.1) is 5.41 Å². The van der Waals surface area contributed by atoms with Gasteiger partial charge in [-0.2, -0.15) is 0 Å². The Labute approximate surface area is 126 Å². The summed E-state index contributed by atoms with van der Waals surface area (Å²) < 4.78 is 1.44. The second kappa shape index (κ2) is 6.28. The number of benzene rings is 1. The molecule has 2 heteroatoms. The molecule has 0 radical (unpaired) electrons. The summed E-state index contributed by atoms with van der Waals surface area (Å²) in [6.45, 7) is 4.61. The van der Waals surface area contributed by atoms with Crippen molar-refractivity contribution in [2.75, 3.05) is 13.1 Å². The van der Waals surface area contributed by atoms with Gasteiger partial charge in [0.05, 0.1) is 0 Å². The first-order valence-electron chi connectivity index (χ1n) is 7.99. The second-order valence-electron chi connectivity index (χ2n) is 6.32. The first kappa shape index (κ1) is 14.1. The first-order valence-corrected chi connectivity index (χ1v) is 8.87. The third kappa shape index (κ3) is 2.91. The van der Waals surface area contributed by atoms with E-state index in [2.05, 4.69) is 41.9 Å². The summed E-state index contributed by atoms with van der Waals surface area (Å²) in [7, 11) is 0. The lowest BCUT2D eigenvalue weighted by Gasteiger charge is -2.29. The predicted molar refractivity (Wildman–Crippen MR) is 89.6 cm³/mol. The molecule has 20 heavy (non-hydrogen) atoms. The largest absolute Gasteiger partial charge is 0.316 e. The highest BCUT2D eigenvalue weighted by Gasteiger charge is 2.34. The highest BCUT2D eigenvalue weighted by Crippen LogP contribution is 2.42. The molecule has 1 aromatic heterocycles. The Morgan fingerprint density at radius 1 is 1.20 bits per heavy atom. The van der Waals surface area contributed by atoms with Gasteiger partial charge in [0.25, 0.3) is 0 Å². The van der Waals surface area contributed by atoms with Crippen molar-refractivity contribution in [2.24, 2.45) is 5.41 Å². The van der Waals surface area contributed by atoms with Gasteiger partial charge in [-0.15, -0.1) is 11.3 Å². The van der Waals surface area contributed by atoms with E-state index in [1.54, 1.807) is 5.56 Å². The summed E-state index contributed by atoms with van der Waals surface area (Å²) >= 11 is 1.90. The minimum absolute atomic E-state index is 0.513. The lowest BCUT2D eigenvalue weighted by atomic mass is 9.80. The maximum Gasteiger partial charge on any atom is 0.0345 e. The summed E-state index contributed by atoms with van der Waals surface area (Å²) in [4.78, 5) is 0. The van der Waals surface area contributed by atoms with E-state index in [0.717, 1.165) is 6.54 Å². The smallest absolute Gasteiger partial charge is 0.0345 e. The Bertz CT molecular complexity index is 551. The lowest BCUT2D eigenvalue weighted by molar-refractivity contribution is 0.279. The molecule has 1 heterocycles. The molecule has 1 aliphatic carbocycles. The van der Waals surface area contributed by atoms with Crippen LogP contribution in [0.4, 0.5) is 0 Å². The fourth-order valence-electron chi connectivity index (χ4n) is 3.65. The topological polar surface area (TPSA) is 12.0 Å². The molecular weight excluding hydrogens is 262 g/mol. The third-order valence-corrected chi connectivity index (χ3v) is 5.73. The Hall–Kier alpha value is -0.860. The molecule has 0 unspecified atom stereocenters. The van der Waals surface area contributed by atoms with Crippen LogP contribution < -0.4 is 5.32 Å². The third-order valence-electron chi connectivity index (χ3n) is 4.72. The van der Waals surface area contributed by atoms with E-state index in [-0.39, 0.29) is 0 Å². The van der Waals surface area contributed by atoms with Crippen LogP contribution in [0.2, 0.25) is 0 Å². The van der Waals surface area contributed by atoms with Crippen molar-refractivity contribution in [3.05, 3.63) is 35.2 Å². The van der Waals surface area contributed by atoms with Crippen LogP contribution in [0.1, 0.15) is 44.6 Å². The van der Waals surface area contributed by atoms with Crippen molar-refractivity contribution in [3.63, 3.8) is 0 Å². The van der Waals surface area contributed by atoms with Crippen molar-refractivity contribution in [1.29, 1.82) is 0 Å². The molecule has 1 saturated carbocycles. The van der Waals surface area contributed by atoms with Gasteiger partial charge in [0.2, 0.25) is 0 Å². The van der Waals surface area contributed by atoms with E-state index in [9.17, 15) is 0 Å². The van der Waals surface area contributed by atoms with Crippen LogP contribution in [-0.4, -0.2) is 13.1 Å². The number of fused-ring (bicyclic) bond motifs is 1. The molecule has 1 aromatic carbocycles. The molecule has 0 amide bonds. The molecule has 1 nitrogen and oxygen atoms in total. The maximum absolute atomic E-state index is 3.68. The van der Waals surface area contributed by atoms with Crippen LogP contribution in [0.5, 0.6) is 0 Å². The summed E-state index contributed by atoms with van der Waals surface area (Å²) in [5.41, 5.74) is 2.09. The van der Waals surface area contributed by atoms with Crippen molar-refractivity contribution in [2.45, 2.75) is 45.4 Å². The SMILES string of the molecule is CCCNCC1(Cc2csc3ccccc23)CCCC1. The summed E-state index contributed by atoms with van der Waals surface area (Å²) in [6.07, 6.45) is 8.11. The van der Waals surface area contributed by atoms with Gasteiger partial charge in [0.1, 0.15) is 0 Å². The number of hydrogen-bond acceptors (Lipinski definition) is 2. The van der Waals surface area contributed by atoms with E-state index >= 15 is 0 Å². The standard InChI is InChI=1S/C18H25NS/c1-2-11-19-14-18(9-5-6-10-18)12-15-13-20-17-8-4-3-7-16(15)17/h3-4,7-8,13,19H,2,5-6,9-12,14H2,1H3. The maximum atomic E-state index is 3.68. The van der Waals surface area contributed by atoms with E-state index in [1.807, 2.05) is 11.3 Å². The normalized spacial score (nSPS) is 17.9. The fourth-order valence-corrected chi connectivity index (χ4v) is 4.61. The summed E-state index contributed by atoms with van der Waals surface area (Å²) in [5, 5.41) is 7.56. The molecule has 0 saturated heterocycles. The van der Waals surface area contributed by atoms with Crippen LogP contribution in [0.15, 0.2) is 29.6 Å². The van der Waals surface area contributed by atoms with Crippen LogP contribution >= 0.6 is 11.3 Å². The molecule has 3 rings (SSSR count). The number of hydrogen-bond donors (Lipinski definition) is 1. The molecule has 108 valence electrons. The van der Waals surface area contributed by atoms with Gasteiger partial charge < -0.3 is 5.32 Å². The number of nitrogens with one attached hydrogen (secondary N) is 1. The predicted octanol–water partition coefficient (Wildman–Crippen LogP) is 5.00. The Balaban J connectivity index is 1.79. The monoisotopic (exact) mass is 287 g/mol. The van der Waals surface area contributed by atoms with Gasteiger partial charge in [-0.3, -0.25) is 0 Å². The number of thiophene rings is 1. The molecule has 1 fully saturated rings. The highest BCUT2D eigenvalue weighted by molar-refractivity contribution is 7.17. The second-order valence-corrected chi connectivity index (χ2v) is 7.23. The molecule has 0 spiro atoms. The number of rotatable bonds is 6. The summed E-state index contributed by atoms with van der Waals surface area (Å²) in [6, 6.07) is 8.87. The Morgan fingerprint density at radius 2 is 2.00 bits per heavy atom. The van der Waals surface area contributed by atoms with Gasteiger partial charge in [0, 0.05) is 11.2 Å². The molecule has 1 aliphatic rings. The highest BCUT2D eigenvalue weighted by atomic mass is 32.1. The molecule has 2 aromatic rings. The van der Waals surface area contributed by atoms with Crippen LogP contribution in [0.25, 0.3) is 10.1 Å². The van der Waals surface area contributed by atoms with Crippen LogP contribution in [-0.2, 0) is 6.42 Å². The molecule has 0 aliphatic heterocycles. The lowest BCUT2D eigenvalue weighted by Crippen LogP contribution is -2.34. The molecule has 0 bridgehead atoms. The average molecular weight is 287 g/mol. The molecule has 0 atom stereocenters.